The van der Waals surface area contributed by atoms with E-state index in [1.54, 1.807) is 0 Å². The van der Waals surface area contributed by atoms with Gasteiger partial charge < -0.3 is 9.47 Å². The Balaban J connectivity index is 2.02. The molecular weight excluding hydrogens is 294 g/mol. The van der Waals surface area contributed by atoms with E-state index < -0.39 is 0 Å². The summed E-state index contributed by atoms with van der Waals surface area (Å²) in [4.78, 5) is 16.7. The van der Waals surface area contributed by atoms with Crippen molar-refractivity contribution in [3.05, 3.63) is 22.4 Å². The molecule has 0 unspecified atom stereocenters. The average Bonchev–Trinajstić information content (AvgIpc) is 2.67. The van der Waals surface area contributed by atoms with Gasteiger partial charge in [-0.1, -0.05) is 0 Å². The third-order valence-electron chi connectivity index (χ3n) is 3.52. The van der Waals surface area contributed by atoms with Gasteiger partial charge in [0.2, 0.25) is 0 Å². The Hall–Kier alpha value is -0.810. The van der Waals surface area contributed by atoms with Crippen LogP contribution >= 0.6 is 15.9 Å². The topological polar surface area (TPSA) is 28.5 Å². The second-order valence-electron chi connectivity index (χ2n) is 5.08. The first kappa shape index (κ1) is 13.6. The van der Waals surface area contributed by atoms with E-state index in [-0.39, 0.29) is 5.91 Å². The molecule has 0 spiro atoms. The Morgan fingerprint density at radius 1 is 1.28 bits per heavy atom. The van der Waals surface area contributed by atoms with Gasteiger partial charge in [0.25, 0.3) is 5.91 Å². The highest BCUT2D eigenvalue weighted by Crippen LogP contribution is 2.16. The maximum Gasteiger partial charge on any atom is 0.270 e. The number of amides is 1. The highest BCUT2D eigenvalue weighted by atomic mass is 79.9. The number of aryl methyl sites for hydroxylation is 1. The Morgan fingerprint density at radius 3 is 2.33 bits per heavy atom. The number of rotatable bonds is 2. The molecule has 0 bridgehead atoms. The zero-order valence-corrected chi connectivity index (χ0v) is 12.8. The van der Waals surface area contributed by atoms with Gasteiger partial charge in [0, 0.05) is 49.9 Å². The molecule has 0 N–H and O–H groups in total. The lowest BCUT2D eigenvalue weighted by molar-refractivity contribution is 0.0586. The van der Waals surface area contributed by atoms with E-state index in [1.807, 2.05) is 28.8 Å². The molecule has 5 heteroatoms. The first-order valence-corrected chi connectivity index (χ1v) is 7.13. The third kappa shape index (κ3) is 2.78. The fourth-order valence-corrected chi connectivity index (χ4v) is 2.86. The molecule has 1 saturated heterocycles. The molecular formula is C13H20BrN3O. The van der Waals surface area contributed by atoms with Gasteiger partial charge in [0.1, 0.15) is 5.69 Å². The van der Waals surface area contributed by atoms with Crippen LogP contribution < -0.4 is 0 Å². The Kier molecular flexibility index (Phi) is 4.12. The fraction of sp³-hybridized carbons (Fsp3) is 0.615. The number of piperazine rings is 1. The van der Waals surface area contributed by atoms with Crippen LogP contribution in [0, 0.1) is 0 Å². The van der Waals surface area contributed by atoms with Gasteiger partial charge in [0.05, 0.1) is 0 Å². The molecule has 1 aromatic heterocycles. The van der Waals surface area contributed by atoms with Crippen molar-refractivity contribution in [2.24, 2.45) is 7.05 Å². The fourth-order valence-electron chi connectivity index (χ4n) is 2.34. The molecule has 1 fully saturated rings. The predicted molar refractivity (Wildman–Crippen MR) is 75.7 cm³/mol. The van der Waals surface area contributed by atoms with E-state index >= 15 is 0 Å². The number of aromatic nitrogens is 1. The molecule has 1 aromatic rings. The van der Waals surface area contributed by atoms with Crippen LogP contribution in [0.25, 0.3) is 0 Å². The summed E-state index contributed by atoms with van der Waals surface area (Å²) in [7, 11) is 1.91. The van der Waals surface area contributed by atoms with Gasteiger partial charge >= 0.3 is 0 Å². The predicted octanol–water partition coefficient (Wildman–Crippen LogP) is 1.95. The van der Waals surface area contributed by atoms with Crippen molar-refractivity contribution in [3.63, 3.8) is 0 Å². The first-order chi connectivity index (χ1) is 8.49. The third-order valence-corrected chi connectivity index (χ3v) is 3.96. The van der Waals surface area contributed by atoms with Gasteiger partial charge in [-0.15, -0.1) is 0 Å². The SMILES string of the molecule is CC(C)N1CCN(C(=O)c2cc(Br)cn2C)CC1. The van der Waals surface area contributed by atoms with Crippen molar-refractivity contribution in [2.75, 3.05) is 26.2 Å². The quantitative estimate of drug-likeness (QED) is 0.835. The highest BCUT2D eigenvalue weighted by molar-refractivity contribution is 9.10. The minimum atomic E-state index is 0.131. The lowest BCUT2D eigenvalue weighted by atomic mass is 10.2. The summed E-state index contributed by atoms with van der Waals surface area (Å²) >= 11 is 3.40. The second-order valence-corrected chi connectivity index (χ2v) is 5.99. The lowest BCUT2D eigenvalue weighted by Gasteiger charge is -2.36. The van der Waals surface area contributed by atoms with E-state index in [0.29, 0.717) is 6.04 Å². The molecule has 100 valence electrons. The number of carbonyl (C=O) groups is 1. The molecule has 1 amide bonds. The van der Waals surface area contributed by atoms with Crippen molar-refractivity contribution in [1.82, 2.24) is 14.4 Å². The number of carbonyl (C=O) groups excluding carboxylic acids is 1. The summed E-state index contributed by atoms with van der Waals surface area (Å²) in [6.45, 7) is 7.97. The van der Waals surface area contributed by atoms with Gasteiger partial charge in [0.15, 0.2) is 0 Å². The highest BCUT2D eigenvalue weighted by Gasteiger charge is 2.24. The Morgan fingerprint density at radius 2 is 1.89 bits per heavy atom. The van der Waals surface area contributed by atoms with E-state index in [0.717, 1.165) is 36.3 Å². The lowest BCUT2D eigenvalue weighted by Crippen LogP contribution is -2.50. The summed E-state index contributed by atoms with van der Waals surface area (Å²) in [5.41, 5.74) is 0.750. The summed E-state index contributed by atoms with van der Waals surface area (Å²) < 4.78 is 2.83. The number of hydrogen-bond donors (Lipinski definition) is 0. The summed E-state index contributed by atoms with van der Waals surface area (Å²) in [5, 5.41) is 0. The normalized spacial score (nSPS) is 17.5. The molecule has 2 rings (SSSR count). The molecule has 1 aliphatic rings. The maximum absolute atomic E-state index is 12.4. The minimum Gasteiger partial charge on any atom is -0.345 e. The first-order valence-electron chi connectivity index (χ1n) is 6.34. The summed E-state index contributed by atoms with van der Waals surface area (Å²) in [5.74, 6) is 0.131. The smallest absolute Gasteiger partial charge is 0.270 e. The molecule has 1 aliphatic heterocycles. The molecule has 0 aromatic carbocycles. The van der Waals surface area contributed by atoms with Crippen molar-refractivity contribution in [1.29, 1.82) is 0 Å². The molecule has 18 heavy (non-hydrogen) atoms. The average molecular weight is 314 g/mol. The maximum atomic E-state index is 12.4. The van der Waals surface area contributed by atoms with E-state index in [1.165, 1.54) is 0 Å². The van der Waals surface area contributed by atoms with Crippen LogP contribution in [0.2, 0.25) is 0 Å². The van der Waals surface area contributed by atoms with Crippen LogP contribution in [-0.2, 0) is 7.05 Å². The second kappa shape index (κ2) is 5.45. The van der Waals surface area contributed by atoms with Crippen molar-refractivity contribution in [3.8, 4) is 0 Å². The van der Waals surface area contributed by atoms with Crippen molar-refractivity contribution < 1.29 is 4.79 Å². The minimum absolute atomic E-state index is 0.131. The van der Waals surface area contributed by atoms with Crippen LogP contribution in [0.5, 0.6) is 0 Å². The van der Waals surface area contributed by atoms with Crippen LogP contribution in [0.1, 0.15) is 24.3 Å². The van der Waals surface area contributed by atoms with Crippen molar-refractivity contribution >= 4 is 21.8 Å². The number of nitrogens with zero attached hydrogens (tertiary/aromatic N) is 3. The standard InChI is InChI=1S/C13H20BrN3O/c1-10(2)16-4-6-17(7-5-16)13(18)12-8-11(14)9-15(12)3/h8-10H,4-7H2,1-3H3. The van der Waals surface area contributed by atoms with E-state index in [2.05, 4.69) is 34.7 Å². The van der Waals surface area contributed by atoms with Crippen LogP contribution in [0.3, 0.4) is 0 Å². The zero-order valence-electron chi connectivity index (χ0n) is 11.2. The van der Waals surface area contributed by atoms with Gasteiger partial charge in [-0.3, -0.25) is 9.69 Å². The van der Waals surface area contributed by atoms with Gasteiger partial charge in [-0.2, -0.15) is 0 Å². The molecule has 4 nitrogen and oxygen atoms in total. The molecule has 2 heterocycles. The largest absolute Gasteiger partial charge is 0.345 e. The molecule has 0 radical (unpaired) electrons. The molecule has 0 aliphatic carbocycles. The Labute approximate surface area is 117 Å². The van der Waals surface area contributed by atoms with Gasteiger partial charge in [-0.05, 0) is 35.8 Å². The van der Waals surface area contributed by atoms with Crippen LogP contribution in [0.4, 0.5) is 0 Å². The number of halogens is 1. The van der Waals surface area contributed by atoms with Crippen LogP contribution in [-0.4, -0.2) is 52.5 Å². The summed E-state index contributed by atoms with van der Waals surface area (Å²) in [6.07, 6.45) is 1.91. The molecule has 0 atom stereocenters. The van der Waals surface area contributed by atoms with E-state index in [4.69, 9.17) is 0 Å². The monoisotopic (exact) mass is 313 g/mol. The Bertz CT molecular complexity index is 433. The van der Waals surface area contributed by atoms with E-state index in [9.17, 15) is 4.79 Å². The summed E-state index contributed by atoms with van der Waals surface area (Å²) in [6, 6.07) is 2.45. The van der Waals surface area contributed by atoms with Crippen molar-refractivity contribution in [2.45, 2.75) is 19.9 Å². The number of hydrogen-bond acceptors (Lipinski definition) is 2. The zero-order chi connectivity index (χ0) is 13.3. The van der Waals surface area contributed by atoms with Gasteiger partial charge in [-0.25, -0.2) is 0 Å². The van der Waals surface area contributed by atoms with Crippen LogP contribution in [0.15, 0.2) is 16.7 Å². The molecule has 0 saturated carbocycles.